The van der Waals surface area contributed by atoms with E-state index in [1.807, 2.05) is 46.2 Å². The molecule has 1 fully saturated rings. The van der Waals surface area contributed by atoms with Crippen molar-refractivity contribution in [3.8, 4) is 23.0 Å². The van der Waals surface area contributed by atoms with E-state index in [4.69, 9.17) is 23.7 Å². The van der Waals surface area contributed by atoms with Crippen LogP contribution in [0.2, 0.25) is 0 Å². The van der Waals surface area contributed by atoms with Crippen LogP contribution in [0.1, 0.15) is 17.2 Å². The van der Waals surface area contributed by atoms with Gasteiger partial charge < -0.3 is 33.5 Å². The van der Waals surface area contributed by atoms with Crippen molar-refractivity contribution in [1.82, 2.24) is 9.80 Å². The molecule has 0 bridgehead atoms. The van der Waals surface area contributed by atoms with Gasteiger partial charge in [0, 0.05) is 19.6 Å². The number of methoxy groups -OCH3 is 3. The predicted octanol–water partition coefficient (Wildman–Crippen LogP) is 3.14. The quantitative estimate of drug-likeness (QED) is 0.685. The van der Waals surface area contributed by atoms with Gasteiger partial charge in [0.05, 0.1) is 40.6 Å². The lowest BCUT2D eigenvalue weighted by molar-refractivity contribution is 0.0346. The molecule has 0 N–H and O–H groups in total. The highest BCUT2D eigenvalue weighted by Gasteiger charge is 2.35. The van der Waals surface area contributed by atoms with E-state index in [2.05, 4.69) is 0 Å². The Hall–Kier alpha value is -3.13. The van der Waals surface area contributed by atoms with E-state index >= 15 is 0 Å². The number of fused-ring (bicyclic) bond motifs is 1. The Balaban J connectivity index is 1.63. The van der Waals surface area contributed by atoms with Gasteiger partial charge in [0.25, 0.3) is 0 Å². The highest BCUT2D eigenvalue weighted by atomic mass is 16.5. The van der Waals surface area contributed by atoms with Gasteiger partial charge in [0.2, 0.25) is 0 Å². The number of nitrogens with zero attached hydrogens (tertiary/aromatic N) is 2. The fraction of sp³-hybridized carbons (Fsp3) is 0.458. The molecule has 2 aromatic rings. The van der Waals surface area contributed by atoms with Gasteiger partial charge in [-0.25, -0.2) is 4.79 Å². The molecule has 2 aromatic carbocycles. The molecule has 1 atom stereocenters. The summed E-state index contributed by atoms with van der Waals surface area (Å²) in [5.74, 6) is 2.81. The first kappa shape index (κ1) is 22.1. The van der Waals surface area contributed by atoms with Crippen LogP contribution in [0.4, 0.5) is 4.79 Å². The molecule has 4 rings (SSSR count). The van der Waals surface area contributed by atoms with Crippen LogP contribution in [0.3, 0.4) is 0 Å². The predicted molar refractivity (Wildman–Crippen MR) is 119 cm³/mol. The van der Waals surface area contributed by atoms with Crippen molar-refractivity contribution >= 4 is 6.03 Å². The molecule has 0 spiro atoms. The molecule has 1 unspecified atom stereocenters. The normalized spacial score (nSPS) is 18.0. The lowest BCUT2D eigenvalue weighted by Gasteiger charge is -2.41. The molecule has 2 amide bonds. The molecule has 2 heterocycles. The van der Waals surface area contributed by atoms with Gasteiger partial charge in [-0.2, -0.15) is 0 Å². The zero-order valence-electron chi connectivity index (χ0n) is 18.8. The molecule has 1 saturated heterocycles. The van der Waals surface area contributed by atoms with E-state index in [-0.39, 0.29) is 12.1 Å². The van der Waals surface area contributed by atoms with Gasteiger partial charge in [-0.3, -0.25) is 0 Å². The number of urea groups is 1. The molecule has 2 aliphatic rings. The SMILES string of the molecule is COc1ccc(OCC2c3cc(OC)c(OC)cc3CCN2C(=O)N2CCOCC2)cc1. The minimum atomic E-state index is -0.254. The smallest absolute Gasteiger partial charge is 0.320 e. The summed E-state index contributed by atoms with van der Waals surface area (Å²) in [7, 11) is 4.88. The third-order valence-electron chi connectivity index (χ3n) is 6.00. The summed E-state index contributed by atoms with van der Waals surface area (Å²) < 4.78 is 27.8. The van der Waals surface area contributed by atoms with Crippen molar-refractivity contribution < 1.29 is 28.5 Å². The summed E-state index contributed by atoms with van der Waals surface area (Å²) in [5, 5.41) is 0. The van der Waals surface area contributed by atoms with E-state index in [0.29, 0.717) is 51.0 Å². The van der Waals surface area contributed by atoms with Crippen molar-refractivity contribution in [2.75, 3.05) is 60.8 Å². The molecule has 0 aliphatic carbocycles. The van der Waals surface area contributed by atoms with Gasteiger partial charge in [-0.15, -0.1) is 0 Å². The molecule has 0 saturated carbocycles. The van der Waals surface area contributed by atoms with Gasteiger partial charge in [-0.05, 0) is 53.9 Å². The van der Waals surface area contributed by atoms with E-state index in [1.54, 1.807) is 21.3 Å². The van der Waals surface area contributed by atoms with Crippen molar-refractivity contribution in [1.29, 1.82) is 0 Å². The fourth-order valence-electron chi connectivity index (χ4n) is 4.22. The van der Waals surface area contributed by atoms with Crippen LogP contribution in [0.15, 0.2) is 36.4 Å². The summed E-state index contributed by atoms with van der Waals surface area (Å²) in [5.41, 5.74) is 2.15. The standard InChI is InChI=1S/C24H30N2O6/c1-28-18-4-6-19(7-5-18)32-16-21-20-15-23(30-3)22(29-2)14-17(20)8-9-26(21)24(27)25-10-12-31-13-11-25/h4-7,14-15,21H,8-13,16H2,1-3H3. The van der Waals surface area contributed by atoms with Crippen LogP contribution in [0.25, 0.3) is 0 Å². The van der Waals surface area contributed by atoms with Crippen LogP contribution in [0, 0.1) is 0 Å². The van der Waals surface area contributed by atoms with E-state index < -0.39 is 0 Å². The number of carbonyl (C=O) groups excluding carboxylic acids is 1. The van der Waals surface area contributed by atoms with Gasteiger partial charge in [-0.1, -0.05) is 0 Å². The second-order valence-electron chi connectivity index (χ2n) is 7.73. The highest BCUT2D eigenvalue weighted by Crippen LogP contribution is 2.39. The van der Waals surface area contributed by atoms with Crippen LogP contribution in [0.5, 0.6) is 23.0 Å². The minimum Gasteiger partial charge on any atom is -0.497 e. The lowest BCUT2D eigenvalue weighted by atomic mass is 9.92. The highest BCUT2D eigenvalue weighted by molar-refractivity contribution is 5.76. The van der Waals surface area contributed by atoms with Crippen molar-refractivity contribution in [3.63, 3.8) is 0 Å². The molecule has 0 aromatic heterocycles. The Morgan fingerprint density at radius 1 is 0.938 bits per heavy atom. The molecule has 8 nitrogen and oxygen atoms in total. The Kier molecular flexibility index (Phi) is 6.90. The zero-order chi connectivity index (χ0) is 22.5. The largest absolute Gasteiger partial charge is 0.497 e. The first-order chi connectivity index (χ1) is 15.6. The monoisotopic (exact) mass is 442 g/mol. The molecule has 0 radical (unpaired) electrons. The van der Waals surface area contributed by atoms with E-state index in [1.165, 1.54) is 0 Å². The molecule has 32 heavy (non-hydrogen) atoms. The number of benzene rings is 2. The third kappa shape index (κ3) is 4.55. The number of hydrogen-bond donors (Lipinski definition) is 0. The Bertz CT molecular complexity index is 927. The third-order valence-corrected chi connectivity index (χ3v) is 6.00. The Labute approximate surface area is 188 Å². The summed E-state index contributed by atoms with van der Waals surface area (Å²) in [6.07, 6.45) is 0.741. The van der Waals surface area contributed by atoms with Gasteiger partial charge >= 0.3 is 6.03 Å². The van der Waals surface area contributed by atoms with Crippen LogP contribution in [-0.4, -0.2) is 76.6 Å². The minimum absolute atomic E-state index is 0.0112. The van der Waals surface area contributed by atoms with Gasteiger partial charge in [0.1, 0.15) is 18.1 Å². The maximum atomic E-state index is 13.4. The van der Waals surface area contributed by atoms with Crippen molar-refractivity contribution in [2.24, 2.45) is 0 Å². The van der Waals surface area contributed by atoms with Crippen LogP contribution < -0.4 is 18.9 Å². The lowest BCUT2D eigenvalue weighted by Crippen LogP contribution is -2.52. The Morgan fingerprint density at radius 2 is 1.59 bits per heavy atom. The number of morpholine rings is 1. The van der Waals surface area contributed by atoms with Crippen molar-refractivity contribution in [2.45, 2.75) is 12.5 Å². The van der Waals surface area contributed by atoms with Gasteiger partial charge in [0.15, 0.2) is 11.5 Å². The maximum Gasteiger partial charge on any atom is 0.320 e. The van der Waals surface area contributed by atoms with E-state index in [0.717, 1.165) is 29.0 Å². The van der Waals surface area contributed by atoms with Crippen molar-refractivity contribution in [3.05, 3.63) is 47.5 Å². The summed E-state index contributed by atoms with van der Waals surface area (Å²) in [6, 6.07) is 11.2. The number of amides is 2. The van der Waals surface area contributed by atoms with Crippen LogP contribution in [-0.2, 0) is 11.2 Å². The summed E-state index contributed by atoms with van der Waals surface area (Å²) in [4.78, 5) is 17.2. The fourth-order valence-corrected chi connectivity index (χ4v) is 4.22. The second-order valence-corrected chi connectivity index (χ2v) is 7.73. The first-order valence-electron chi connectivity index (χ1n) is 10.8. The zero-order valence-corrected chi connectivity index (χ0v) is 18.8. The average Bonchev–Trinajstić information content (AvgIpc) is 2.86. The molecule has 8 heteroatoms. The molecule has 2 aliphatic heterocycles. The number of ether oxygens (including phenoxy) is 5. The first-order valence-corrected chi connectivity index (χ1v) is 10.8. The molecular weight excluding hydrogens is 412 g/mol. The molecular formula is C24H30N2O6. The molecule has 172 valence electrons. The Morgan fingerprint density at radius 3 is 2.25 bits per heavy atom. The second kappa shape index (κ2) is 9.99. The number of carbonyl (C=O) groups is 1. The number of hydrogen-bond acceptors (Lipinski definition) is 6. The maximum absolute atomic E-state index is 13.4. The summed E-state index contributed by atoms with van der Waals surface area (Å²) in [6.45, 7) is 3.25. The topological polar surface area (TPSA) is 69.7 Å². The average molecular weight is 443 g/mol. The summed E-state index contributed by atoms with van der Waals surface area (Å²) >= 11 is 0. The van der Waals surface area contributed by atoms with Crippen LogP contribution >= 0.6 is 0 Å². The number of rotatable bonds is 6. The van der Waals surface area contributed by atoms with E-state index in [9.17, 15) is 4.79 Å².